The Morgan fingerprint density at radius 3 is 2.23 bits per heavy atom. The van der Waals surface area contributed by atoms with E-state index < -0.39 is 33.1 Å². The van der Waals surface area contributed by atoms with E-state index in [1.807, 2.05) is 25.1 Å². The molecule has 0 aromatic heterocycles. The van der Waals surface area contributed by atoms with Gasteiger partial charge in [0.2, 0.25) is 0 Å². The van der Waals surface area contributed by atoms with E-state index in [9.17, 15) is 29.8 Å². The number of nitrogens with one attached hydrogen (secondary N) is 1. The lowest BCUT2D eigenvalue weighted by Gasteiger charge is -2.20. The number of aryl methyl sites for hydroxylation is 1. The number of nitro groups is 2. The van der Waals surface area contributed by atoms with E-state index in [4.69, 9.17) is 9.47 Å². The lowest BCUT2D eigenvalue weighted by Crippen LogP contribution is -2.24. The van der Waals surface area contributed by atoms with E-state index >= 15 is 0 Å². The van der Waals surface area contributed by atoms with Gasteiger partial charge in [0.25, 0.3) is 17.3 Å². The minimum Gasteiger partial charge on any atom is -0.483 e. The van der Waals surface area contributed by atoms with E-state index in [1.165, 1.54) is 18.3 Å². The van der Waals surface area contributed by atoms with Crippen LogP contribution >= 0.6 is 0 Å². The molecule has 0 fully saturated rings. The Balaban J connectivity index is 1.59. The number of rotatable bonds is 9. The number of carbonyl (C=O) groups is 2. The Kier molecular flexibility index (Phi) is 8.71. The summed E-state index contributed by atoms with van der Waals surface area (Å²) in [5.41, 5.74) is 3.27. The first-order chi connectivity index (χ1) is 18.3. The monoisotopic (exact) mass is 534 g/mol. The zero-order valence-electron chi connectivity index (χ0n) is 21.7. The Bertz CT molecular complexity index is 1430. The molecule has 12 heteroatoms. The number of hydrogen-bond acceptors (Lipinski definition) is 9. The normalized spacial score (nSPS) is 11.2. The van der Waals surface area contributed by atoms with Crippen LogP contribution in [0.4, 0.5) is 11.4 Å². The van der Waals surface area contributed by atoms with Gasteiger partial charge in [-0.05, 0) is 47.2 Å². The molecule has 1 amide bonds. The summed E-state index contributed by atoms with van der Waals surface area (Å²) in [5, 5.41) is 26.0. The average Bonchev–Trinajstić information content (AvgIpc) is 2.87. The van der Waals surface area contributed by atoms with Gasteiger partial charge in [-0.1, -0.05) is 45.0 Å². The van der Waals surface area contributed by atoms with Crippen LogP contribution in [0.2, 0.25) is 0 Å². The van der Waals surface area contributed by atoms with E-state index in [0.717, 1.165) is 29.3 Å². The molecule has 3 aromatic rings. The molecule has 0 spiro atoms. The van der Waals surface area contributed by atoms with Crippen LogP contribution in [0.3, 0.4) is 0 Å². The van der Waals surface area contributed by atoms with Crippen molar-refractivity contribution in [1.29, 1.82) is 0 Å². The van der Waals surface area contributed by atoms with Crippen LogP contribution in [0.1, 0.15) is 47.8 Å². The number of hydrazone groups is 1. The fraction of sp³-hybridized carbons (Fsp3) is 0.222. The SMILES string of the molecule is Cc1cc(C(C)(C)C)ccc1OCC(=O)NN=Cc1cccc(OC(=O)c2cc([N+](=O)[O-])cc([N+](=O)[O-])c2)c1. The quantitative estimate of drug-likeness (QED) is 0.134. The number of nitrogens with zero attached hydrogens (tertiary/aromatic N) is 3. The second-order valence-electron chi connectivity index (χ2n) is 9.53. The summed E-state index contributed by atoms with van der Waals surface area (Å²) in [6, 6.07) is 14.4. The minimum atomic E-state index is -1.02. The molecule has 39 heavy (non-hydrogen) atoms. The van der Waals surface area contributed by atoms with Gasteiger partial charge in [-0.2, -0.15) is 5.10 Å². The minimum absolute atomic E-state index is 0.00588. The third-order valence-electron chi connectivity index (χ3n) is 5.43. The lowest BCUT2D eigenvalue weighted by molar-refractivity contribution is -0.394. The van der Waals surface area contributed by atoms with Crippen molar-refractivity contribution in [1.82, 2.24) is 5.43 Å². The van der Waals surface area contributed by atoms with E-state index in [1.54, 1.807) is 12.1 Å². The number of benzene rings is 3. The van der Waals surface area contributed by atoms with Crippen LogP contribution in [0.25, 0.3) is 0 Å². The lowest BCUT2D eigenvalue weighted by atomic mass is 9.86. The molecule has 0 saturated heterocycles. The molecular formula is C27H26N4O8. The summed E-state index contributed by atoms with van der Waals surface area (Å²) in [6.07, 6.45) is 1.32. The smallest absolute Gasteiger partial charge is 0.344 e. The van der Waals surface area contributed by atoms with Gasteiger partial charge in [0, 0.05) is 12.1 Å². The van der Waals surface area contributed by atoms with Gasteiger partial charge < -0.3 is 9.47 Å². The Morgan fingerprint density at radius 2 is 1.64 bits per heavy atom. The fourth-order valence-electron chi connectivity index (χ4n) is 3.38. The van der Waals surface area contributed by atoms with Crippen LogP contribution in [-0.4, -0.2) is 34.5 Å². The Hall–Kier alpha value is -5.13. The molecule has 3 rings (SSSR count). The van der Waals surface area contributed by atoms with Crippen LogP contribution in [0.5, 0.6) is 11.5 Å². The highest BCUT2D eigenvalue weighted by atomic mass is 16.6. The van der Waals surface area contributed by atoms with Gasteiger partial charge in [0.05, 0.1) is 27.7 Å². The largest absolute Gasteiger partial charge is 0.483 e. The predicted molar refractivity (Wildman–Crippen MR) is 142 cm³/mol. The second kappa shape index (κ2) is 11.9. The maximum Gasteiger partial charge on any atom is 0.344 e. The van der Waals surface area contributed by atoms with Crippen molar-refractivity contribution in [3.8, 4) is 11.5 Å². The molecule has 202 valence electrons. The molecule has 0 bridgehead atoms. The maximum absolute atomic E-state index is 12.5. The van der Waals surface area contributed by atoms with E-state index in [2.05, 4.69) is 31.3 Å². The van der Waals surface area contributed by atoms with Gasteiger partial charge in [0.15, 0.2) is 6.61 Å². The summed E-state index contributed by atoms with van der Waals surface area (Å²) in [6.45, 7) is 7.98. The number of ether oxygens (including phenoxy) is 2. The molecule has 0 atom stereocenters. The topological polar surface area (TPSA) is 163 Å². The molecule has 0 aliphatic rings. The molecule has 0 unspecified atom stereocenters. The third kappa shape index (κ3) is 7.92. The van der Waals surface area contributed by atoms with Gasteiger partial charge in [-0.15, -0.1) is 0 Å². The highest BCUT2D eigenvalue weighted by molar-refractivity contribution is 5.93. The van der Waals surface area contributed by atoms with Crippen molar-refractivity contribution < 1.29 is 28.9 Å². The number of nitro benzene ring substituents is 2. The number of amides is 1. The predicted octanol–water partition coefficient (Wildman–Crippen LogP) is 4.86. The van der Waals surface area contributed by atoms with Crippen molar-refractivity contribution in [2.45, 2.75) is 33.1 Å². The van der Waals surface area contributed by atoms with E-state index in [0.29, 0.717) is 11.3 Å². The highest BCUT2D eigenvalue weighted by Gasteiger charge is 2.21. The Labute approximate surface area is 223 Å². The second-order valence-corrected chi connectivity index (χ2v) is 9.53. The maximum atomic E-state index is 12.5. The van der Waals surface area contributed by atoms with Crippen molar-refractivity contribution in [2.75, 3.05) is 6.61 Å². The first-order valence-electron chi connectivity index (χ1n) is 11.7. The average molecular weight is 535 g/mol. The van der Waals surface area contributed by atoms with E-state index in [-0.39, 0.29) is 23.3 Å². The zero-order chi connectivity index (χ0) is 28.7. The summed E-state index contributed by atoms with van der Waals surface area (Å²) in [5.74, 6) is -0.861. The molecule has 0 aliphatic heterocycles. The fourth-order valence-corrected chi connectivity index (χ4v) is 3.38. The van der Waals surface area contributed by atoms with Crippen LogP contribution < -0.4 is 14.9 Å². The van der Waals surface area contributed by atoms with Gasteiger partial charge in [-0.25, -0.2) is 10.2 Å². The van der Waals surface area contributed by atoms with Crippen LogP contribution in [0, 0.1) is 27.2 Å². The molecule has 0 aliphatic carbocycles. The number of non-ortho nitro benzene ring substituents is 2. The van der Waals surface area contributed by atoms with Gasteiger partial charge >= 0.3 is 5.97 Å². The highest BCUT2D eigenvalue weighted by Crippen LogP contribution is 2.27. The number of hydrogen-bond donors (Lipinski definition) is 1. The van der Waals surface area contributed by atoms with Crippen LogP contribution in [0.15, 0.2) is 65.8 Å². The van der Waals surface area contributed by atoms with Gasteiger partial charge in [0.1, 0.15) is 11.5 Å². The van der Waals surface area contributed by atoms with Crippen molar-refractivity contribution >= 4 is 29.5 Å². The van der Waals surface area contributed by atoms with Crippen molar-refractivity contribution in [2.24, 2.45) is 5.10 Å². The first-order valence-corrected chi connectivity index (χ1v) is 11.7. The molecule has 0 radical (unpaired) electrons. The molecule has 1 N–H and O–H groups in total. The van der Waals surface area contributed by atoms with Gasteiger partial charge in [-0.3, -0.25) is 25.0 Å². The summed E-state index contributed by atoms with van der Waals surface area (Å²) >= 11 is 0. The molecule has 12 nitrogen and oxygen atoms in total. The molecule has 3 aromatic carbocycles. The molecular weight excluding hydrogens is 508 g/mol. The third-order valence-corrected chi connectivity index (χ3v) is 5.43. The first kappa shape index (κ1) is 28.4. The number of carbonyl (C=O) groups excluding carboxylic acids is 2. The van der Waals surface area contributed by atoms with Crippen molar-refractivity contribution in [3.05, 3.63) is 103 Å². The summed E-state index contributed by atoms with van der Waals surface area (Å²) in [7, 11) is 0. The standard InChI is InChI=1S/C27H26N4O8/c1-17-10-20(27(2,3)4)8-9-24(17)38-16-25(32)29-28-15-18-6-5-7-23(11-18)39-26(33)19-12-21(30(34)35)14-22(13-19)31(36)37/h5-15H,16H2,1-4H3,(H,29,32). The van der Waals surface area contributed by atoms with Crippen LogP contribution in [-0.2, 0) is 10.2 Å². The molecule has 0 heterocycles. The Morgan fingerprint density at radius 1 is 0.974 bits per heavy atom. The molecule has 0 saturated carbocycles. The summed E-state index contributed by atoms with van der Waals surface area (Å²) in [4.78, 5) is 45.1. The zero-order valence-corrected chi connectivity index (χ0v) is 21.7. The summed E-state index contributed by atoms with van der Waals surface area (Å²) < 4.78 is 10.8. The van der Waals surface area contributed by atoms with Crippen molar-refractivity contribution in [3.63, 3.8) is 0 Å². The number of esters is 1.